The third-order valence-corrected chi connectivity index (χ3v) is 4.27. The van der Waals surface area contributed by atoms with Gasteiger partial charge in [-0.1, -0.05) is 17.7 Å². The summed E-state index contributed by atoms with van der Waals surface area (Å²) in [6, 6.07) is 6.62. The van der Waals surface area contributed by atoms with Gasteiger partial charge in [-0.2, -0.15) is 22.0 Å². The Balaban J connectivity index is 2.21. The van der Waals surface area contributed by atoms with Gasteiger partial charge in [-0.3, -0.25) is 4.79 Å². The summed E-state index contributed by atoms with van der Waals surface area (Å²) in [6.07, 6.45) is -8.74. The molecule has 2 rings (SSSR count). The first-order chi connectivity index (χ1) is 9.61. The summed E-state index contributed by atoms with van der Waals surface area (Å²) in [5.41, 5.74) is 0.926. The quantitative estimate of drug-likeness (QED) is 0.621. The van der Waals surface area contributed by atoms with Gasteiger partial charge >= 0.3 is 18.1 Å². The van der Waals surface area contributed by atoms with Crippen LogP contribution in [0.1, 0.15) is 12.0 Å². The molecule has 0 amide bonds. The van der Waals surface area contributed by atoms with Crippen molar-refractivity contribution in [2.45, 2.75) is 41.7 Å². The SMILES string of the molecule is Cc1ccc(S[C@@H]2CC(=O)O[C@H]2C(F)(F)C(F)(F)F)cc1. The van der Waals surface area contributed by atoms with Gasteiger partial charge in [0.1, 0.15) is 0 Å². The monoisotopic (exact) mass is 326 g/mol. The van der Waals surface area contributed by atoms with E-state index in [-0.39, 0.29) is 0 Å². The highest BCUT2D eigenvalue weighted by molar-refractivity contribution is 8.00. The van der Waals surface area contributed by atoms with Gasteiger partial charge in [0.25, 0.3) is 0 Å². The van der Waals surface area contributed by atoms with E-state index in [9.17, 15) is 26.7 Å². The molecule has 1 saturated heterocycles. The van der Waals surface area contributed by atoms with E-state index in [1.54, 1.807) is 24.3 Å². The van der Waals surface area contributed by atoms with Crippen LogP contribution in [0.25, 0.3) is 0 Å². The van der Waals surface area contributed by atoms with Gasteiger partial charge in [0.05, 0.1) is 11.7 Å². The van der Waals surface area contributed by atoms with Gasteiger partial charge in [0, 0.05) is 4.90 Å². The first-order valence-corrected chi connectivity index (χ1v) is 6.86. The molecule has 1 aliphatic rings. The van der Waals surface area contributed by atoms with Crippen molar-refractivity contribution in [1.82, 2.24) is 0 Å². The van der Waals surface area contributed by atoms with Crippen LogP contribution in [0, 0.1) is 6.92 Å². The van der Waals surface area contributed by atoms with Crippen molar-refractivity contribution in [3.63, 3.8) is 0 Å². The Morgan fingerprint density at radius 3 is 2.24 bits per heavy atom. The third-order valence-electron chi connectivity index (χ3n) is 3.01. The van der Waals surface area contributed by atoms with Gasteiger partial charge in [0.2, 0.25) is 0 Å². The van der Waals surface area contributed by atoms with Gasteiger partial charge in [-0.05, 0) is 19.1 Å². The summed E-state index contributed by atoms with van der Waals surface area (Å²) in [4.78, 5) is 11.7. The smallest absolute Gasteiger partial charge is 0.454 e. The van der Waals surface area contributed by atoms with Crippen LogP contribution in [0.15, 0.2) is 29.2 Å². The van der Waals surface area contributed by atoms with Crippen molar-refractivity contribution in [1.29, 1.82) is 0 Å². The second kappa shape index (κ2) is 5.47. The topological polar surface area (TPSA) is 26.3 Å². The van der Waals surface area contributed by atoms with Crippen LogP contribution in [0.2, 0.25) is 0 Å². The second-order valence-corrected chi connectivity index (χ2v) is 6.02. The number of ether oxygens (including phenoxy) is 1. The fourth-order valence-electron chi connectivity index (χ4n) is 1.90. The number of halogens is 5. The highest BCUT2D eigenvalue weighted by Crippen LogP contribution is 2.46. The number of rotatable bonds is 3. The normalized spacial score (nSPS) is 23.2. The predicted octanol–water partition coefficient (Wildman–Crippen LogP) is 3.97. The number of carbonyl (C=O) groups excluding carboxylic acids is 1. The minimum Gasteiger partial charge on any atom is -0.454 e. The van der Waals surface area contributed by atoms with E-state index in [0.29, 0.717) is 4.90 Å². The van der Waals surface area contributed by atoms with Crippen LogP contribution in [-0.2, 0) is 9.53 Å². The van der Waals surface area contributed by atoms with Crippen molar-refractivity contribution >= 4 is 17.7 Å². The third kappa shape index (κ3) is 3.30. The first kappa shape index (κ1) is 16.1. The molecule has 116 valence electrons. The van der Waals surface area contributed by atoms with E-state index >= 15 is 0 Å². The van der Waals surface area contributed by atoms with E-state index in [1.165, 1.54) is 0 Å². The zero-order chi connectivity index (χ0) is 15.8. The summed E-state index contributed by atoms with van der Waals surface area (Å²) in [6.45, 7) is 1.82. The maximum Gasteiger partial charge on any atom is 0.457 e. The predicted molar refractivity (Wildman–Crippen MR) is 66.3 cm³/mol. The van der Waals surface area contributed by atoms with Gasteiger partial charge < -0.3 is 4.74 Å². The molecule has 1 heterocycles. The molecule has 1 aromatic rings. The lowest BCUT2D eigenvalue weighted by molar-refractivity contribution is -0.310. The molecule has 2 nitrogen and oxygen atoms in total. The van der Waals surface area contributed by atoms with Crippen LogP contribution in [0.4, 0.5) is 22.0 Å². The Bertz CT molecular complexity index is 526. The molecule has 1 aliphatic heterocycles. The summed E-state index contributed by atoms with van der Waals surface area (Å²) >= 11 is 0.789. The molecule has 1 fully saturated rings. The zero-order valence-corrected chi connectivity index (χ0v) is 11.6. The number of esters is 1. The number of carbonyl (C=O) groups is 1. The van der Waals surface area contributed by atoms with Gasteiger partial charge in [-0.25, -0.2) is 0 Å². The largest absolute Gasteiger partial charge is 0.457 e. The summed E-state index contributed by atoms with van der Waals surface area (Å²) in [5, 5.41) is -1.28. The van der Waals surface area contributed by atoms with Crippen molar-refractivity contribution < 1.29 is 31.5 Å². The number of hydrogen-bond donors (Lipinski definition) is 0. The van der Waals surface area contributed by atoms with Crippen molar-refractivity contribution in [2.75, 3.05) is 0 Å². The molecule has 0 radical (unpaired) electrons. The molecular formula is C13H11F5O2S. The summed E-state index contributed by atoms with van der Waals surface area (Å²) in [7, 11) is 0. The number of thioether (sulfide) groups is 1. The van der Waals surface area contributed by atoms with Crippen molar-refractivity contribution in [3.8, 4) is 0 Å². The molecule has 0 unspecified atom stereocenters. The Morgan fingerprint density at radius 1 is 1.14 bits per heavy atom. The molecule has 21 heavy (non-hydrogen) atoms. The van der Waals surface area contributed by atoms with E-state index in [0.717, 1.165) is 17.3 Å². The van der Waals surface area contributed by atoms with Gasteiger partial charge in [0.15, 0.2) is 6.10 Å². The lowest BCUT2D eigenvalue weighted by atomic mass is 10.1. The molecule has 2 atom stereocenters. The fourth-order valence-corrected chi connectivity index (χ4v) is 3.11. The van der Waals surface area contributed by atoms with Crippen LogP contribution >= 0.6 is 11.8 Å². The average molecular weight is 326 g/mol. The van der Waals surface area contributed by atoms with E-state index in [2.05, 4.69) is 4.74 Å². The van der Waals surface area contributed by atoms with E-state index in [4.69, 9.17) is 0 Å². The number of aryl methyl sites for hydroxylation is 1. The molecule has 0 aromatic heterocycles. The fraction of sp³-hybridized carbons (Fsp3) is 0.462. The standard InChI is InChI=1S/C13H11F5O2S/c1-7-2-4-8(5-3-7)21-9-6-10(19)20-11(9)12(14,15)13(16,17)18/h2-5,9,11H,6H2,1H3/t9-,11-/m1/s1. The van der Waals surface area contributed by atoms with E-state index in [1.807, 2.05) is 6.92 Å². The molecular weight excluding hydrogens is 315 g/mol. The highest BCUT2D eigenvalue weighted by Gasteiger charge is 2.67. The number of hydrogen-bond acceptors (Lipinski definition) is 3. The Hall–Kier alpha value is -1.31. The minimum atomic E-state index is -5.76. The molecule has 0 spiro atoms. The molecule has 1 aromatic carbocycles. The molecule has 0 bridgehead atoms. The summed E-state index contributed by atoms with van der Waals surface area (Å²) in [5.74, 6) is -6.12. The maximum absolute atomic E-state index is 13.4. The summed E-state index contributed by atoms with van der Waals surface area (Å²) < 4.78 is 68.3. The number of benzene rings is 1. The van der Waals surface area contributed by atoms with Crippen molar-refractivity contribution in [2.24, 2.45) is 0 Å². The van der Waals surface area contributed by atoms with Crippen LogP contribution < -0.4 is 0 Å². The second-order valence-electron chi connectivity index (χ2n) is 4.70. The number of alkyl halides is 5. The Morgan fingerprint density at radius 2 is 1.71 bits per heavy atom. The zero-order valence-electron chi connectivity index (χ0n) is 10.8. The Labute approximate surface area is 121 Å². The van der Waals surface area contributed by atoms with Crippen molar-refractivity contribution in [3.05, 3.63) is 29.8 Å². The first-order valence-electron chi connectivity index (χ1n) is 5.98. The van der Waals surface area contributed by atoms with Gasteiger partial charge in [-0.15, -0.1) is 11.8 Å². The molecule has 0 aliphatic carbocycles. The average Bonchev–Trinajstić information content (AvgIpc) is 2.72. The lowest BCUT2D eigenvalue weighted by Crippen LogP contribution is -2.50. The number of cyclic esters (lactones) is 1. The lowest BCUT2D eigenvalue weighted by Gasteiger charge is -2.27. The van der Waals surface area contributed by atoms with E-state index < -0.39 is 35.8 Å². The molecule has 0 N–H and O–H groups in total. The van der Waals surface area contributed by atoms with Crippen LogP contribution in [-0.4, -0.2) is 29.4 Å². The molecule has 8 heteroatoms. The highest BCUT2D eigenvalue weighted by atomic mass is 32.2. The minimum absolute atomic E-state index is 0.477. The maximum atomic E-state index is 13.4. The van der Waals surface area contributed by atoms with Crippen LogP contribution in [0.5, 0.6) is 0 Å². The Kier molecular flexibility index (Phi) is 4.19. The van der Waals surface area contributed by atoms with Crippen LogP contribution in [0.3, 0.4) is 0 Å². The molecule has 0 saturated carbocycles.